The Hall–Kier alpha value is -1.87. The molecule has 2 aliphatic heterocycles. The van der Waals surface area contributed by atoms with Crippen LogP contribution in [0.5, 0.6) is 0 Å². The number of ether oxygens (including phenoxy) is 1. The molecule has 7 nitrogen and oxygen atoms in total. The van der Waals surface area contributed by atoms with Crippen molar-refractivity contribution in [1.82, 2.24) is 19.4 Å². The Balaban J connectivity index is 1.40. The highest BCUT2D eigenvalue weighted by atomic mass is 35.5. The number of anilines is 1. The standard InChI is InChI=1S/C21H25ClN6OS/c1-13-17(22)15(3-6-24-13)30-16-11-26-20(28-10-7-25-19(16)28)27-8-4-21(5-9-27)12-29-14(2)18(21)23/h3,6-7,10-11,14,18H,4-5,8-9,12,23H2,1-2H3/t14-,18+/m0/s1. The van der Waals surface area contributed by atoms with Crippen LogP contribution in [0.25, 0.3) is 5.65 Å². The number of aromatic nitrogens is 4. The fourth-order valence-corrected chi connectivity index (χ4v) is 5.71. The molecule has 0 aromatic carbocycles. The van der Waals surface area contributed by atoms with E-state index in [1.807, 2.05) is 31.6 Å². The molecule has 5 rings (SSSR count). The van der Waals surface area contributed by atoms with E-state index in [1.54, 1.807) is 18.0 Å². The molecule has 0 bridgehead atoms. The van der Waals surface area contributed by atoms with Crippen molar-refractivity contribution >= 4 is 35.0 Å². The maximum atomic E-state index is 6.47. The number of hydrogen-bond acceptors (Lipinski definition) is 7. The molecule has 0 aliphatic carbocycles. The molecular weight excluding hydrogens is 420 g/mol. The molecule has 9 heteroatoms. The zero-order valence-electron chi connectivity index (χ0n) is 17.1. The van der Waals surface area contributed by atoms with Gasteiger partial charge in [0, 0.05) is 54.2 Å². The molecule has 0 unspecified atom stereocenters. The zero-order valence-corrected chi connectivity index (χ0v) is 18.7. The summed E-state index contributed by atoms with van der Waals surface area (Å²) in [5.74, 6) is 0.916. The third-order valence-corrected chi connectivity index (χ3v) is 8.17. The Bertz CT molecular complexity index is 1080. The molecule has 2 fully saturated rings. The van der Waals surface area contributed by atoms with Crippen LogP contribution in [0.4, 0.5) is 5.95 Å². The Kier molecular flexibility index (Phi) is 5.13. The van der Waals surface area contributed by atoms with Crippen LogP contribution in [-0.4, -0.2) is 51.2 Å². The normalized spacial score (nSPS) is 23.5. The van der Waals surface area contributed by atoms with E-state index in [1.165, 1.54) is 0 Å². The highest BCUT2D eigenvalue weighted by Crippen LogP contribution is 2.42. The highest BCUT2D eigenvalue weighted by Gasteiger charge is 2.47. The quantitative estimate of drug-likeness (QED) is 0.661. The number of fused-ring (bicyclic) bond motifs is 1. The molecule has 2 atom stereocenters. The number of imidazole rings is 1. The van der Waals surface area contributed by atoms with Gasteiger partial charge in [0.2, 0.25) is 5.95 Å². The number of halogens is 1. The second-order valence-corrected chi connectivity index (χ2v) is 9.71. The fraction of sp³-hybridized carbons (Fsp3) is 0.476. The number of piperidine rings is 1. The molecule has 158 valence electrons. The second kappa shape index (κ2) is 7.67. The average molecular weight is 445 g/mol. The molecule has 2 saturated heterocycles. The first-order chi connectivity index (χ1) is 14.5. The van der Waals surface area contributed by atoms with Gasteiger partial charge in [-0.15, -0.1) is 0 Å². The Morgan fingerprint density at radius 2 is 2.00 bits per heavy atom. The van der Waals surface area contributed by atoms with E-state index in [0.717, 1.165) is 59.6 Å². The van der Waals surface area contributed by atoms with Crippen molar-refractivity contribution in [1.29, 1.82) is 0 Å². The Morgan fingerprint density at radius 3 is 2.73 bits per heavy atom. The first kappa shape index (κ1) is 20.1. The van der Waals surface area contributed by atoms with Gasteiger partial charge in [0.25, 0.3) is 0 Å². The summed E-state index contributed by atoms with van der Waals surface area (Å²) in [6, 6.07) is 2.03. The third kappa shape index (κ3) is 3.26. The van der Waals surface area contributed by atoms with Gasteiger partial charge in [-0.05, 0) is 32.8 Å². The van der Waals surface area contributed by atoms with E-state index in [0.29, 0.717) is 5.02 Å². The summed E-state index contributed by atoms with van der Waals surface area (Å²) in [5.41, 5.74) is 8.26. The topological polar surface area (TPSA) is 81.6 Å². The number of nitrogens with zero attached hydrogens (tertiary/aromatic N) is 5. The lowest BCUT2D eigenvalue weighted by Gasteiger charge is -2.41. The lowest BCUT2D eigenvalue weighted by Crippen LogP contribution is -2.51. The van der Waals surface area contributed by atoms with Gasteiger partial charge in [-0.25, -0.2) is 9.97 Å². The van der Waals surface area contributed by atoms with E-state index in [9.17, 15) is 0 Å². The first-order valence-corrected chi connectivity index (χ1v) is 11.4. The van der Waals surface area contributed by atoms with Gasteiger partial charge < -0.3 is 15.4 Å². The predicted molar refractivity (Wildman–Crippen MR) is 118 cm³/mol. The number of nitrogens with two attached hydrogens (primary N) is 1. The monoisotopic (exact) mass is 444 g/mol. The minimum atomic E-state index is 0.0930. The van der Waals surface area contributed by atoms with Crippen LogP contribution in [0.15, 0.2) is 40.6 Å². The molecular formula is C21H25ClN6OS. The number of rotatable bonds is 3. The zero-order chi connectivity index (χ0) is 20.9. The number of aryl methyl sites for hydroxylation is 1. The minimum absolute atomic E-state index is 0.0930. The molecule has 2 N–H and O–H groups in total. The smallest absolute Gasteiger partial charge is 0.211 e. The van der Waals surface area contributed by atoms with Gasteiger partial charge in [-0.2, -0.15) is 0 Å². The fourth-order valence-electron chi connectivity index (χ4n) is 4.54. The van der Waals surface area contributed by atoms with Crippen molar-refractivity contribution in [2.24, 2.45) is 11.1 Å². The molecule has 2 aliphatic rings. The minimum Gasteiger partial charge on any atom is -0.376 e. The van der Waals surface area contributed by atoms with Gasteiger partial charge in [0.15, 0.2) is 5.65 Å². The molecule has 30 heavy (non-hydrogen) atoms. The maximum absolute atomic E-state index is 6.47. The number of hydrogen-bond donors (Lipinski definition) is 1. The van der Waals surface area contributed by atoms with Crippen LogP contribution in [-0.2, 0) is 4.74 Å². The molecule has 0 radical (unpaired) electrons. The summed E-state index contributed by atoms with van der Waals surface area (Å²) in [5, 5.41) is 0.668. The third-order valence-electron chi connectivity index (χ3n) is 6.51. The van der Waals surface area contributed by atoms with Gasteiger partial charge in [-0.3, -0.25) is 9.38 Å². The lowest BCUT2D eigenvalue weighted by atomic mass is 9.73. The van der Waals surface area contributed by atoms with Crippen molar-refractivity contribution in [2.75, 3.05) is 24.6 Å². The lowest BCUT2D eigenvalue weighted by molar-refractivity contribution is 0.0973. The number of pyridine rings is 1. The van der Waals surface area contributed by atoms with Gasteiger partial charge >= 0.3 is 0 Å². The van der Waals surface area contributed by atoms with E-state index in [-0.39, 0.29) is 17.6 Å². The molecule has 3 aromatic rings. The van der Waals surface area contributed by atoms with Crippen LogP contribution < -0.4 is 10.6 Å². The molecule has 0 saturated carbocycles. The average Bonchev–Trinajstić information content (AvgIpc) is 3.35. The van der Waals surface area contributed by atoms with Crippen LogP contribution in [0.3, 0.4) is 0 Å². The Morgan fingerprint density at radius 1 is 1.20 bits per heavy atom. The summed E-state index contributed by atoms with van der Waals surface area (Å²) in [6.07, 6.45) is 9.62. The molecule has 0 amide bonds. The van der Waals surface area contributed by atoms with Crippen molar-refractivity contribution < 1.29 is 4.74 Å². The van der Waals surface area contributed by atoms with E-state index >= 15 is 0 Å². The summed E-state index contributed by atoms with van der Waals surface area (Å²) in [7, 11) is 0. The Labute approximate surface area is 185 Å². The van der Waals surface area contributed by atoms with Crippen molar-refractivity contribution in [3.8, 4) is 0 Å². The SMILES string of the molecule is Cc1nccc(Sc2cnc(N3CCC4(CC3)CO[C@@H](C)[C@H]4N)n3ccnc23)c1Cl. The second-order valence-electron chi connectivity index (χ2n) is 8.25. The van der Waals surface area contributed by atoms with Crippen molar-refractivity contribution in [3.63, 3.8) is 0 Å². The van der Waals surface area contributed by atoms with Crippen LogP contribution in [0.1, 0.15) is 25.5 Å². The van der Waals surface area contributed by atoms with Crippen molar-refractivity contribution in [3.05, 3.63) is 41.6 Å². The van der Waals surface area contributed by atoms with Gasteiger partial charge in [0.05, 0.1) is 28.3 Å². The summed E-state index contributed by atoms with van der Waals surface area (Å²) < 4.78 is 7.92. The predicted octanol–water partition coefficient (Wildman–Crippen LogP) is 3.57. The van der Waals surface area contributed by atoms with E-state index in [4.69, 9.17) is 27.1 Å². The molecule has 3 aromatic heterocycles. The van der Waals surface area contributed by atoms with Crippen LogP contribution >= 0.6 is 23.4 Å². The molecule has 5 heterocycles. The van der Waals surface area contributed by atoms with Crippen molar-refractivity contribution in [2.45, 2.75) is 48.6 Å². The van der Waals surface area contributed by atoms with E-state index < -0.39 is 0 Å². The summed E-state index contributed by atoms with van der Waals surface area (Å²) in [6.45, 7) is 6.57. The first-order valence-electron chi connectivity index (χ1n) is 10.2. The van der Waals surface area contributed by atoms with Crippen LogP contribution in [0.2, 0.25) is 5.02 Å². The molecule has 1 spiro atoms. The van der Waals surface area contributed by atoms with E-state index in [2.05, 4.69) is 26.2 Å². The summed E-state index contributed by atoms with van der Waals surface area (Å²) >= 11 is 8.01. The maximum Gasteiger partial charge on any atom is 0.211 e. The van der Waals surface area contributed by atoms with Crippen LogP contribution in [0, 0.1) is 12.3 Å². The van der Waals surface area contributed by atoms with Gasteiger partial charge in [0.1, 0.15) is 0 Å². The van der Waals surface area contributed by atoms with Gasteiger partial charge in [-0.1, -0.05) is 23.4 Å². The highest BCUT2D eigenvalue weighted by molar-refractivity contribution is 7.99. The summed E-state index contributed by atoms with van der Waals surface area (Å²) in [4.78, 5) is 17.9. The largest absolute Gasteiger partial charge is 0.376 e.